The maximum atomic E-state index is 11.2. The van der Waals surface area contributed by atoms with Crippen molar-refractivity contribution in [3.05, 3.63) is 21.7 Å². The molecule has 5 unspecified atom stereocenters. The molecule has 14 N–H and O–H groups in total. The molecule has 18 nitrogen and oxygen atoms in total. The Morgan fingerprint density at radius 1 is 0.738 bits per heavy atom. The van der Waals surface area contributed by atoms with Crippen molar-refractivity contribution in [1.82, 2.24) is 0 Å². The summed E-state index contributed by atoms with van der Waals surface area (Å²) in [6.07, 6.45) is -7.83. The minimum atomic E-state index is -4.40. The minimum Gasteiger partial charge on any atom is -0.507 e. The van der Waals surface area contributed by atoms with Crippen molar-refractivity contribution in [2.75, 3.05) is 20.8 Å². The number of methoxy groups -OCH3 is 2. The van der Waals surface area contributed by atoms with Gasteiger partial charge in [0.15, 0.2) is 23.0 Å². The number of aliphatic hydroxyl groups is 7. The summed E-state index contributed by atoms with van der Waals surface area (Å²) in [4.78, 5) is 0. The first kappa shape index (κ1) is 33.2. The van der Waals surface area contributed by atoms with Gasteiger partial charge in [-0.15, -0.1) is 0 Å². The van der Waals surface area contributed by atoms with Crippen molar-refractivity contribution in [2.45, 2.75) is 48.9 Å². The second-order valence-electron chi connectivity index (χ2n) is 9.15. The Kier molecular flexibility index (Phi) is 9.32. The zero-order valence-corrected chi connectivity index (χ0v) is 22.3. The summed E-state index contributed by atoms with van der Waals surface area (Å²) >= 11 is 6.11. The van der Waals surface area contributed by atoms with Crippen molar-refractivity contribution < 1.29 is 90.4 Å². The molecule has 5 atom stereocenters. The molecule has 3 rings (SSSR count). The Bertz CT molecular complexity index is 1300. The molecular formula is C23H29ClO18. The highest BCUT2D eigenvalue weighted by molar-refractivity contribution is 6.33. The van der Waals surface area contributed by atoms with E-state index in [1.165, 1.54) is 7.11 Å². The van der Waals surface area contributed by atoms with Gasteiger partial charge in [0.2, 0.25) is 17.2 Å². The number of halogens is 1. The van der Waals surface area contributed by atoms with Crippen molar-refractivity contribution in [1.29, 1.82) is 0 Å². The molecular weight excluding hydrogens is 600 g/mol. The molecule has 42 heavy (non-hydrogen) atoms. The molecule has 19 heteroatoms. The summed E-state index contributed by atoms with van der Waals surface area (Å²) in [6, 6.07) is 0. The van der Waals surface area contributed by atoms with Crippen LogP contribution >= 0.6 is 11.6 Å². The lowest BCUT2D eigenvalue weighted by molar-refractivity contribution is -0.502. The average molecular weight is 629 g/mol. The predicted octanol–water partition coefficient (Wildman–Crippen LogP) is -2.66. The van der Waals surface area contributed by atoms with Crippen LogP contribution < -0.4 is 4.74 Å². The molecule has 1 saturated heterocycles. The minimum absolute atomic E-state index is 0.585. The van der Waals surface area contributed by atoms with Crippen LogP contribution in [-0.2, 0) is 20.6 Å². The van der Waals surface area contributed by atoms with Crippen LogP contribution in [0.25, 0.3) is 0 Å². The number of phenols is 7. The van der Waals surface area contributed by atoms with E-state index in [1.807, 2.05) is 0 Å². The lowest BCUT2D eigenvalue weighted by Gasteiger charge is -2.43. The fraction of sp³-hybridized carbons (Fsp3) is 0.478. The molecule has 2 aromatic rings. The van der Waals surface area contributed by atoms with E-state index in [0.717, 1.165) is 7.11 Å². The van der Waals surface area contributed by atoms with Gasteiger partial charge in [0.1, 0.15) is 36.3 Å². The average Bonchev–Trinajstić information content (AvgIpc) is 2.92. The van der Waals surface area contributed by atoms with Gasteiger partial charge >= 0.3 is 11.9 Å². The van der Waals surface area contributed by atoms with Crippen LogP contribution in [0.1, 0.15) is 22.8 Å². The molecule has 0 aliphatic carbocycles. The summed E-state index contributed by atoms with van der Waals surface area (Å²) < 4.78 is 20.4. The topological polar surface area (TPSA) is 320 Å². The number of benzene rings is 2. The van der Waals surface area contributed by atoms with Crippen LogP contribution in [-0.4, -0.2) is 129 Å². The molecule has 0 spiro atoms. The van der Waals surface area contributed by atoms with Gasteiger partial charge in [-0.3, -0.25) is 0 Å². The molecule has 1 aliphatic rings. The number of aliphatic hydroxyl groups excluding tert-OH is 2. The molecule has 0 aromatic heterocycles. The third kappa shape index (κ3) is 5.45. The zero-order chi connectivity index (χ0) is 32.1. The molecule has 0 saturated carbocycles. The third-order valence-corrected chi connectivity index (χ3v) is 7.06. The number of aromatic hydroxyl groups is 7. The SMILES string of the molecule is COC1C(c2c(O)c(O)c(Cl)c(Cc3c(O)c(O)c(OC(O)(O)C(O)(O)O)c(O)c3O)c2O)OC(CO)C(O)C1OC. The highest BCUT2D eigenvalue weighted by Gasteiger charge is 2.52. The second kappa shape index (κ2) is 11.8. The Morgan fingerprint density at radius 3 is 1.71 bits per heavy atom. The lowest BCUT2D eigenvalue weighted by Crippen LogP contribution is -2.58. The maximum absolute atomic E-state index is 11.2. The molecule has 0 radical (unpaired) electrons. The molecule has 236 valence electrons. The van der Waals surface area contributed by atoms with Crippen molar-refractivity contribution in [2.24, 2.45) is 0 Å². The normalized spacial score (nSPS) is 23.2. The van der Waals surface area contributed by atoms with E-state index in [0.29, 0.717) is 0 Å². The van der Waals surface area contributed by atoms with Crippen LogP contribution in [0.15, 0.2) is 0 Å². The lowest BCUT2D eigenvalue weighted by atomic mass is 9.88. The van der Waals surface area contributed by atoms with Gasteiger partial charge in [-0.25, -0.2) is 0 Å². The Morgan fingerprint density at radius 2 is 1.26 bits per heavy atom. The molecule has 2 aromatic carbocycles. The Labute approximate surface area is 239 Å². The van der Waals surface area contributed by atoms with Crippen molar-refractivity contribution in [3.63, 3.8) is 0 Å². The van der Waals surface area contributed by atoms with E-state index in [2.05, 4.69) is 4.74 Å². The summed E-state index contributed by atoms with van der Waals surface area (Å²) in [5, 5.41) is 139. The predicted molar refractivity (Wildman–Crippen MR) is 132 cm³/mol. The van der Waals surface area contributed by atoms with Crippen LogP contribution in [0.3, 0.4) is 0 Å². The summed E-state index contributed by atoms with van der Waals surface area (Å²) in [5.41, 5.74) is -2.06. The number of hydrogen-bond acceptors (Lipinski definition) is 18. The van der Waals surface area contributed by atoms with Gasteiger partial charge in [0, 0.05) is 31.8 Å². The molecule has 0 amide bonds. The van der Waals surface area contributed by atoms with Gasteiger partial charge in [-0.2, -0.15) is 0 Å². The van der Waals surface area contributed by atoms with Crippen molar-refractivity contribution >= 4 is 11.6 Å². The standard InChI is InChI=1S/C23H29ClO18/c1-39-20-13(29)7(4-25)41-18(21(20)40-2)8-10(26)5(9(24)15(31)14(8)30)3-6-11(27)16(32)19(17(33)12(6)28)42-23(37,38)22(34,35)36/h7,13,18,20-21,25-38H,3-4H2,1-2H3. The summed E-state index contributed by atoms with van der Waals surface area (Å²) in [7, 11) is 2.36. The van der Waals surface area contributed by atoms with E-state index < -0.39 is 123 Å². The fourth-order valence-electron chi connectivity index (χ4n) is 4.40. The van der Waals surface area contributed by atoms with Crippen LogP contribution in [0.2, 0.25) is 5.02 Å². The number of rotatable bonds is 9. The second-order valence-corrected chi connectivity index (χ2v) is 9.52. The molecule has 1 fully saturated rings. The smallest absolute Gasteiger partial charge is 0.409 e. The molecule has 0 bridgehead atoms. The Balaban J connectivity index is 2.19. The molecule has 1 aliphatic heterocycles. The first-order valence-electron chi connectivity index (χ1n) is 11.6. The maximum Gasteiger partial charge on any atom is 0.409 e. The van der Waals surface area contributed by atoms with E-state index in [4.69, 9.17) is 41.1 Å². The van der Waals surface area contributed by atoms with Gasteiger partial charge in [0.05, 0.1) is 17.2 Å². The summed E-state index contributed by atoms with van der Waals surface area (Å²) in [6.45, 7) is -0.760. The zero-order valence-electron chi connectivity index (χ0n) is 21.6. The van der Waals surface area contributed by atoms with Crippen LogP contribution in [0.4, 0.5) is 0 Å². The molecule has 1 heterocycles. The number of hydrogen-bond donors (Lipinski definition) is 14. The van der Waals surface area contributed by atoms with Gasteiger partial charge in [-0.05, 0) is 0 Å². The summed E-state index contributed by atoms with van der Waals surface area (Å²) in [5.74, 6) is -19.3. The fourth-order valence-corrected chi connectivity index (χ4v) is 4.65. The Hall–Kier alpha value is -3.27. The third-order valence-electron chi connectivity index (χ3n) is 6.65. The highest BCUT2D eigenvalue weighted by Crippen LogP contribution is 2.56. The number of phenolic OH excluding ortho intramolecular Hbond substituents is 7. The monoisotopic (exact) mass is 628 g/mol. The van der Waals surface area contributed by atoms with Crippen LogP contribution in [0.5, 0.6) is 46.0 Å². The highest BCUT2D eigenvalue weighted by atomic mass is 35.5. The van der Waals surface area contributed by atoms with E-state index in [-0.39, 0.29) is 0 Å². The van der Waals surface area contributed by atoms with E-state index in [9.17, 15) is 56.2 Å². The van der Waals surface area contributed by atoms with Gasteiger partial charge in [0.25, 0.3) is 0 Å². The van der Waals surface area contributed by atoms with Crippen LogP contribution in [0, 0.1) is 0 Å². The van der Waals surface area contributed by atoms with Gasteiger partial charge in [-0.1, -0.05) is 11.6 Å². The van der Waals surface area contributed by atoms with E-state index in [1.54, 1.807) is 0 Å². The van der Waals surface area contributed by atoms with E-state index >= 15 is 0 Å². The van der Waals surface area contributed by atoms with Crippen molar-refractivity contribution in [3.8, 4) is 46.0 Å². The first-order chi connectivity index (χ1) is 19.4. The van der Waals surface area contributed by atoms with Gasteiger partial charge < -0.3 is 90.4 Å². The number of ether oxygens (including phenoxy) is 4. The first-order valence-corrected chi connectivity index (χ1v) is 12.0. The largest absolute Gasteiger partial charge is 0.507 e. The quantitative estimate of drug-likeness (QED) is 0.0765.